The van der Waals surface area contributed by atoms with Crippen molar-refractivity contribution in [1.82, 2.24) is 0 Å². The zero-order valence-corrected chi connectivity index (χ0v) is 25.8. The molecule has 2 nitrogen and oxygen atoms in total. The van der Waals surface area contributed by atoms with E-state index < -0.39 is 0 Å². The summed E-state index contributed by atoms with van der Waals surface area (Å²) >= 11 is 0. The van der Waals surface area contributed by atoms with Crippen LogP contribution in [0.3, 0.4) is 0 Å². The molecule has 0 rings (SSSR count). The van der Waals surface area contributed by atoms with Crippen LogP contribution in [0.1, 0.15) is 190 Å². The Balaban J connectivity index is 3.31. The first-order chi connectivity index (χ1) is 16.6. The summed E-state index contributed by atoms with van der Waals surface area (Å²) in [4.78, 5) is 0. The van der Waals surface area contributed by atoms with E-state index in [0.717, 1.165) is 12.8 Å². The molecule has 0 saturated carbocycles. The summed E-state index contributed by atoms with van der Waals surface area (Å²) in [5, 5.41) is 0. The minimum Gasteiger partial charge on any atom is -0.373 e. The number of hydrogen-bond donors (Lipinski definition) is 0. The summed E-state index contributed by atoms with van der Waals surface area (Å²) in [7, 11) is 0. The van der Waals surface area contributed by atoms with Crippen LogP contribution in [0, 0.1) is 0 Å². The molecule has 0 N–H and O–H groups in total. The molecule has 0 aliphatic carbocycles. The Morgan fingerprint density at radius 2 is 0.600 bits per heavy atom. The summed E-state index contributed by atoms with van der Waals surface area (Å²) in [5.41, 5.74) is 0.102. The van der Waals surface area contributed by atoms with E-state index in [4.69, 9.17) is 9.47 Å². The fraction of sp³-hybridized carbons (Fsp3) is 1.00. The molecule has 2 atom stereocenters. The van der Waals surface area contributed by atoms with Gasteiger partial charge in [0.05, 0.1) is 23.4 Å². The molecular weight excluding hydrogens is 428 g/mol. The lowest BCUT2D eigenvalue weighted by Crippen LogP contribution is -2.28. The molecule has 0 bridgehead atoms. The third-order valence-corrected chi connectivity index (χ3v) is 7.75. The minimum atomic E-state index is 0.0509. The standard InChI is InChI=1S/C33H68O2/c1-9-30(3)34-32(5,6)28-26-24-22-20-18-16-14-12-11-13-15-17-19-21-23-25-27-29-33(7,8)35-31(4)10-2/h30-31H,9-29H2,1-8H3. The zero-order chi connectivity index (χ0) is 26.4. The van der Waals surface area contributed by atoms with Gasteiger partial charge in [-0.05, 0) is 67.2 Å². The smallest absolute Gasteiger partial charge is 0.0630 e. The molecule has 0 amide bonds. The predicted molar refractivity (Wildman–Crippen MR) is 158 cm³/mol. The molecule has 0 radical (unpaired) electrons. The zero-order valence-electron chi connectivity index (χ0n) is 25.8. The molecular formula is C33H68O2. The highest BCUT2D eigenvalue weighted by atomic mass is 16.5. The van der Waals surface area contributed by atoms with Crippen molar-refractivity contribution in [3.8, 4) is 0 Å². The Morgan fingerprint density at radius 1 is 0.400 bits per heavy atom. The highest BCUT2D eigenvalue weighted by Gasteiger charge is 2.21. The molecule has 0 heterocycles. The van der Waals surface area contributed by atoms with Crippen LogP contribution in [0.5, 0.6) is 0 Å². The van der Waals surface area contributed by atoms with Gasteiger partial charge in [0.1, 0.15) is 0 Å². The van der Waals surface area contributed by atoms with Gasteiger partial charge < -0.3 is 9.47 Å². The Morgan fingerprint density at radius 3 is 0.800 bits per heavy atom. The third kappa shape index (κ3) is 24.0. The summed E-state index contributed by atoms with van der Waals surface area (Å²) in [6, 6.07) is 0. The molecule has 212 valence electrons. The molecule has 0 aliphatic heterocycles. The van der Waals surface area contributed by atoms with Gasteiger partial charge in [-0.25, -0.2) is 0 Å². The van der Waals surface area contributed by atoms with E-state index in [9.17, 15) is 0 Å². The average molecular weight is 497 g/mol. The lowest BCUT2D eigenvalue weighted by atomic mass is 9.98. The van der Waals surface area contributed by atoms with Crippen LogP contribution in [0.25, 0.3) is 0 Å². The van der Waals surface area contributed by atoms with E-state index in [2.05, 4.69) is 55.4 Å². The highest BCUT2D eigenvalue weighted by Crippen LogP contribution is 2.23. The van der Waals surface area contributed by atoms with Gasteiger partial charge in [0, 0.05) is 0 Å². The second-order valence-corrected chi connectivity index (χ2v) is 12.7. The van der Waals surface area contributed by atoms with E-state index in [-0.39, 0.29) is 11.2 Å². The Bertz CT molecular complexity index is 402. The normalized spacial score (nSPS) is 14.4. The highest BCUT2D eigenvalue weighted by molar-refractivity contribution is 4.71. The van der Waals surface area contributed by atoms with Crippen molar-refractivity contribution in [1.29, 1.82) is 0 Å². The van der Waals surface area contributed by atoms with Crippen molar-refractivity contribution in [3.63, 3.8) is 0 Å². The average Bonchev–Trinajstić information content (AvgIpc) is 2.79. The van der Waals surface area contributed by atoms with Gasteiger partial charge in [-0.2, -0.15) is 0 Å². The molecule has 0 aromatic rings. The fourth-order valence-electron chi connectivity index (χ4n) is 5.13. The van der Waals surface area contributed by atoms with Gasteiger partial charge in [0.2, 0.25) is 0 Å². The van der Waals surface area contributed by atoms with E-state index in [1.165, 1.54) is 122 Å². The SMILES string of the molecule is CCC(C)OC(C)(C)CCCCCCCCCCCCCCCCCCCC(C)(C)OC(C)CC. The topological polar surface area (TPSA) is 18.5 Å². The summed E-state index contributed by atoms with van der Waals surface area (Å²) in [5.74, 6) is 0. The van der Waals surface area contributed by atoms with Crippen molar-refractivity contribution < 1.29 is 9.47 Å². The van der Waals surface area contributed by atoms with E-state index in [0.29, 0.717) is 12.2 Å². The van der Waals surface area contributed by atoms with Gasteiger partial charge in [0.25, 0.3) is 0 Å². The largest absolute Gasteiger partial charge is 0.373 e. The molecule has 0 aromatic heterocycles. The van der Waals surface area contributed by atoms with Gasteiger partial charge in [-0.3, -0.25) is 0 Å². The maximum absolute atomic E-state index is 6.14. The summed E-state index contributed by atoms with van der Waals surface area (Å²) in [6.07, 6.45) is 29.5. The van der Waals surface area contributed by atoms with Gasteiger partial charge in [-0.15, -0.1) is 0 Å². The molecule has 0 spiro atoms. The maximum Gasteiger partial charge on any atom is 0.0630 e. The first-order valence-electron chi connectivity index (χ1n) is 16.0. The van der Waals surface area contributed by atoms with Crippen LogP contribution in [0.2, 0.25) is 0 Å². The number of ether oxygens (including phenoxy) is 2. The number of rotatable bonds is 26. The van der Waals surface area contributed by atoms with Crippen molar-refractivity contribution in [2.75, 3.05) is 0 Å². The molecule has 2 heteroatoms. The monoisotopic (exact) mass is 497 g/mol. The van der Waals surface area contributed by atoms with Crippen molar-refractivity contribution in [2.24, 2.45) is 0 Å². The Hall–Kier alpha value is -0.0800. The summed E-state index contributed by atoms with van der Waals surface area (Å²) < 4.78 is 12.3. The number of hydrogen-bond acceptors (Lipinski definition) is 2. The Labute approximate surface area is 223 Å². The molecule has 0 saturated heterocycles. The van der Waals surface area contributed by atoms with E-state index >= 15 is 0 Å². The van der Waals surface area contributed by atoms with E-state index in [1.54, 1.807) is 0 Å². The van der Waals surface area contributed by atoms with Gasteiger partial charge in [0.15, 0.2) is 0 Å². The number of unbranched alkanes of at least 4 members (excludes halogenated alkanes) is 16. The van der Waals surface area contributed by atoms with E-state index in [1.807, 2.05) is 0 Å². The lowest BCUT2D eigenvalue weighted by Gasteiger charge is -2.29. The molecule has 0 aliphatic rings. The van der Waals surface area contributed by atoms with Crippen LogP contribution in [-0.2, 0) is 9.47 Å². The van der Waals surface area contributed by atoms with Crippen LogP contribution in [-0.4, -0.2) is 23.4 Å². The van der Waals surface area contributed by atoms with Gasteiger partial charge in [-0.1, -0.05) is 123 Å². The lowest BCUT2D eigenvalue weighted by molar-refractivity contribution is -0.0706. The van der Waals surface area contributed by atoms with Crippen molar-refractivity contribution >= 4 is 0 Å². The molecule has 0 aromatic carbocycles. The van der Waals surface area contributed by atoms with Crippen LogP contribution >= 0.6 is 0 Å². The fourth-order valence-corrected chi connectivity index (χ4v) is 5.13. The van der Waals surface area contributed by atoms with Crippen LogP contribution in [0.15, 0.2) is 0 Å². The summed E-state index contributed by atoms with van der Waals surface area (Å²) in [6.45, 7) is 17.8. The van der Waals surface area contributed by atoms with Crippen molar-refractivity contribution in [3.05, 3.63) is 0 Å². The molecule has 35 heavy (non-hydrogen) atoms. The predicted octanol–water partition coefficient (Wildman–Crippen LogP) is 11.6. The van der Waals surface area contributed by atoms with Gasteiger partial charge >= 0.3 is 0 Å². The first-order valence-corrected chi connectivity index (χ1v) is 16.0. The molecule has 0 fully saturated rings. The molecule has 2 unspecified atom stereocenters. The first kappa shape index (κ1) is 34.9. The van der Waals surface area contributed by atoms with Crippen molar-refractivity contribution in [2.45, 2.75) is 214 Å². The third-order valence-electron chi connectivity index (χ3n) is 7.75. The quantitative estimate of drug-likeness (QED) is 0.111. The Kier molecular flexibility index (Phi) is 21.9. The second-order valence-electron chi connectivity index (χ2n) is 12.7. The maximum atomic E-state index is 6.14. The van der Waals surface area contributed by atoms with Crippen LogP contribution < -0.4 is 0 Å². The minimum absolute atomic E-state index is 0.0509. The van der Waals surface area contributed by atoms with Crippen LogP contribution in [0.4, 0.5) is 0 Å². The second kappa shape index (κ2) is 22.0.